The van der Waals surface area contributed by atoms with E-state index in [4.69, 9.17) is 14.2 Å². The molecule has 2 heterocycles. The molecular weight excluding hydrogens is 310 g/mol. The highest BCUT2D eigenvalue weighted by molar-refractivity contribution is 5.92. The van der Waals surface area contributed by atoms with Crippen LogP contribution in [0.5, 0.6) is 5.75 Å². The summed E-state index contributed by atoms with van der Waals surface area (Å²) in [5, 5.41) is 0. The largest absolute Gasteiger partial charge is 0.496 e. The standard InChI is InChI=1S/C18H23NO5/c1-19-11-8-9-13(19)16(18(21)23-3)15(10-11)24-17(20)12-6-4-5-7-14(12)22-2/h4-7,11,13,15-16H,8-10H2,1-3H3/t11-,13+,15-,16+/m0/s1. The molecule has 3 rings (SSSR count). The highest BCUT2D eigenvalue weighted by Gasteiger charge is 2.51. The van der Waals surface area contributed by atoms with Crippen LogP contribution in [0.1, 0.15) is 29.6 Å². The third-order valence-electron chi connectivity index (χ3n) is 5.27. The number of ether oxygens (including phenoxy) is 3. The van der Waals surface area contributed by atoms with Crippen LogP contribution in [0.2, 0.25) is 0 Å². The predicted octanol–water partition coefficient (Wildman–Crippen LogP) is 1.88. The zero-order chi connectivity index (χ0) is 17.3. The lowest BCUT2D eigenvalue weighted by Crippen LogP contribution is -2.53. The van der Waals surface area contributed by atoms with Crippen LogP contribution in [0.3, 0.4) is 0 Å². The van der Waals surface area contributed by atoms with E-state index in [9.17, 15) is 9.59 Å². The maximum atomic E-state index is 12.6. The van der Waals surface area contributed by atoms with Crippen molar-refractivity contribution in [1.29, 1.82) is 0 Å². The van der Waals surface area contributed by atoms with Gasteiger partial charge in [0.05, 0.1) is 14.2 Å². The molecule has 4 atom stereocenters. The van der Waals surface area contributed by atoms with E-state index in [0.29, 0.717) is 23.8 Å². The van der Waals surface area contributed by atoms with Gasteiger partial charge in [-0.25, -0.2) is 4.79 Å². The number of carbonyl (C=O) groups is 2. The number of hydrogen-bond donors (Lipinski definition) is 0. The van der Waals surface area contributed by atoms with Crippen molar-refractivity contribution in [2.75, 3.05) is 21.3 Å². The molecule has 2 aliphatic heterocycles. The minimum atomic E-state index is -0.469. The van der Waals surface area contributed by atoms with Crippen LogP contribution < -0.4 is 4.74 Å². The Morgan fingerprint density at radius 1 is 1.17 bits per heavy atom. The van der Waals surface area contributed by atoms with E-state index in [-0.39, 0.29) is 12.0 Å². The maximum Gasteiger partial charge on any atom is 0.342 e. The van der Waals surface area contributed by atoms with Crippen molar-refractivity contribution in [3.63, 3.8) is 0 Å². The zero-order valence-electron chi connectivity index (χ0n) is 14.2. The summed E-state index contributed by atoms with van der Waals surface area (Å²) in [7, 11) is 4.91. The maximum absolute atomic E-state index is 12.6. The minimum Gasteiger partial charge on any atom is -0.496 e. The second kappa shape index (κ2) is 6.81. The van der Waals surface area contributed by atoms with E-state index in [1.165, 1.54) is 14.2 Å². The second-order valence-corrected chi connectivity index (χ2v) is 6.39. The lowest BCUT2D eigenvalue weighted by molar-refractivity contribution is -0.156. The molecule has 24 heavy (non-hydrogen) atoms. The summed E-state index contributed by atoms with van der Waals surface area (Å²) >= 11 is 0. The molecule has 2 fully saturated rings. The first kappa shape index (κ1) is 16.8. The Morgan fingerprint density at radius 3 is 2.62 bits per heavy atom. The lowest BCUT2D eigenvalue weighted by Gasteiger charge is -2.40. The first-order valence-corrected chi connectivity index (χ1v) is 8.20. The Morgan fingerprint density at radius 2 is 1.92 bits per heavy atom. The number of hydrogen-bond acceptors (Lipinski definition) is 6. The Labute approximate surface area is 141 Å². The van der Waals surface area contributed by atoms with Gasteiger partial charge in [0.25, 0.3) is 0 Å². The van der Waals surface area contributed by atoms with Gasteiger partial charge in [-0.15, -0.1) is 0 Å². The minimum absolute atomic E-state index is 0.0617. The third kappa shape index (κ3) is 2.86. The van der Waals surface area contributed by atoms with E-state index in [2.05, 4.69) is 4.90 Å². The molecule has 0 spiro atoms. The molecule has 0 N–H and O–H groups in total. The van der Waals surface area contributed by atoms with Crippen LogP contribution in [-0.4, -0.2) is 56.3 Å². The molecule has 6 heteroatoms. The molecular formula is C18H23NO5. The van der Waals surface area contributed by atoms with Gasteiger partial charge >= 0.3 is 11.9 Å². The molecule has 0 radical (unpaired) electrons. The molecule has 130 valence electrons. The molecule has 0 aromatic heterocycles. The SMILES string of the molecule is COC(=O)[C@H]1[C@@H](OC(=O)c2ccccc2OC)C[C@@H]2CC[C@H]1N2C. The molecule has 2 aliphatic rings. The molecule has 0 saturated carbocycles. The second-order valence-electron chi connectivity index (χ2n) is 6.39. The molecule has 0 unspecified atom stereocenters. The summed E-state index contributed by atoms with van der Waals surface area (Å²) in [6, 6.07) is 7.33. The fourth-order valence-electron chi connectivity index (χ4n) is 4.00. The van der Waals surface area contributed by atoms with Gasteiger partial charge in [-0.05, 0) is 32.0 Å². The Bertz CT molecular complexity index is 632. The summed E-state index contributed by atoms with van der Waals surface area (Å²) in [5.41, 5.74) is 0.370. The van der Waals surface area contributed by atoms with Gasteiger partial charge in [0, 0.05) is 18.5 Å². The topological polar surface area (TPSA) is 65.1 Å². The number of carbonyl (C=O) groups excluding carboxylic acids is 2. The van der Waals surface area contributed by atoms with Crippen molar-refractivity contribution in [1.82, 2.24) is 4.90 Å². The molecule has 1 aromatic rings. The molecule has 2 saturated heterocycles. The first-order valence-electron chi connectivity index (χ1n) is 8.20. The van der Waals surface area contributed by atoms with Crippen LogP contribution in [0.25, 0.3) is 0 Å². The summed E-state index contributed by atoms with van der Waals surface area (Å²) in [6.45, 7) is 0. The van der Waals surface area contributed by atoms with Gasteiger partial charge < -0.3 is 14.2 Å². The van der Waals surface area contributed by atoms with Crippen LogP contribution in [0.4, 0.5) is 0 Å². The smallest absolute Gasteiger partial charge is 0.342 e. The molecule has 0 amide bonds. The first-order chi connectivity index (χ1) is 11.6. The average Bonchev–Trinajstić information content (AvgIpc) is 2.84. The number of piperidine rings is 1. The number of nitrogens with zero attached hydrogens (tertiary/aromatic N) is 1. The van der Waals surface area contributed by atoms with Crippen molar-refractivity contribution in [2.45, 2.75) is 37.5 Å². The molecule has 6 nitrogen and oxygen atoms in total. The number of rotatable bonds is 4. The molecule has 0 aliphatic carbocycles. The normalized spacial score (nSPS) is 29.1. The predicted molar refractivity (Wildman–Crippen MR) is 86.9 cm³/mol. The van der Waals surface area contributed by atoms with Crippen LogP contribution >= 0.6 is 0 Å². The van der Waals surface area contributed by atoms with Gasteiger partial charge in [0.15, 0.2) is 0 Å². The Balaban J connectivity index is 1.82. The van der Waals surface area contributed by atoms with Crippen molar-refractivity contribution >= 4 is 11.9 Å². The summed E-state index contributed by atoms with van der Waals surface area (Å²) in [6.07, 6.45) is 2.11. The van der Waals surface area contributed by atoms with E-state index in [1.54, 1.807) is 24.3 Å². The van der Waals surface area contributed by atoms with E-state index in [1.807, 2.05) is 7.05 Å². The summed E-state index contributed by atoms with van der Waals surface area (Å²) in [5.74, 6) is -0.759. The number of methoxy groups -OCH3 is 2. The molecule has 2 bridgehead atoms. The number of esters is 2. The van der Waals surface area contributed by atoms with E-state index < -0.39 is 18.0 Å². The molecule has 1 aromatic carbocycles. The Hall–Kier alpha value is -2.08. The van der Waals surface area contributed by atoms with Gasteiger partial charge in [0.1, 0.15) is 23.3 Å². The van der Waals surface area contributed by atoms with Crippen LogP contribution in [0.15, 0.2) is 24.3 Å². The van der Waals surface area contributed by atoms with E-state index in [0.717, 1.165) is 12.8 Å². The highest BCUT2D eigenvalue weighted by atomic mass is 16.6. The van der Waals surface area contributed by atoms with Crippen molar-refractivity contribution in [3.8, 4) is 5.75 Å². The average molecular weight is 333 g/mol. The quantitative estimate of drug-likeness (QED) is 0.784. The Kier molecular flexibility index (Phi) is 4.76. The zero-order valence-corrected chi connectivity index (χ0v) is 14.2. The van der Waals surface area contributed by atoms with Crippen molar-refractivity contribution < 1.29 is 23.8 Å². The third-order valence-corrected chi connectivity index (χ3v) is 5.27. The van der Waals surface area contributed by atoms with E-state index >= 15 is 0 Å². The monoisotopic (exact) mass is 333 g/mol. The van der Waals surface area contributed by atoms with Crippen molar-refractivity contribution in [2.24, 2.45) is 5.92 Å². The highest BCUT2D eigenvalue weighted by Crippen LogP contribution is 2.40. The summed E-state index contributed by atoms with van der Waals surface area (Å²) < 4.78 is 15.9. The number of benzene rings is 1. The van der Waals surface area contributed by atoms with Crippen LogP contribution in [-0.2, 0) is 14.3 Å². The fourth-order valence-corrected chi connectivity index (χ4v) is 4.00. The summed E-state index contributed by atoms with van der Waals surface area (Å²) in [4.78, 5) is 27.1. The van der Waals surface area contributed by atoms with Crippen molar-refractivity contribution in [3.05, 3.63) is 29.8 Å². The van der Waals surface area contributed by atoms with Gasteiger partial charge in [0.2, 0.25) is 0 Å². The number of para-hydroxylation sites is 1. The fraction of sp³-hybridized carbons (Fsp3) is 0.556. The van der Waals surface area contributed by atoms with Gasteiger partial charge in [-0.3, -0.25) is 9.69 Å². The number of fused-ring (bicyclic) bond motifs is 2. The van der Waals surface area contributed by atoms with Gasteiger partial charge in [-0.1, -0.05) is 12.1 Å². The van der Waals surface area contributed by atoms with Crippen LogP contribution in [0, 0.1) is 5.92 Å². The van der Waals surface area contributed by atoms with Gasteiger partial charge in [-0.2, -0.15) is 0 Å². The lowest BCUT2D eigenvalue weighted by atomic mass is 9.87.